The van der Waals surface area contributed by atoms with E-state index in [9.17, 15) is 4.79 Å². The van der Waals surface area contributed by atoms with Crippen LogP contribution in [0.2, 0.25) is 0 Å². The molecular formula is C11H14N2O3S. The number of nitrogens with zero attached hydrogens (tertiary/aromatic N) is 1. The number of hydrogen-bond acceptors (Lipinski definition) is 6. The van der Waals surface area contributed by atoms with Gasteiger partial charge in [-0.1, -0.05) is 5.16 Å². The summed E-state index contributed by atoms with van der Waals surface area (Å²) in [5, 5.41) is 12.2. The number of oxime groups is 1. The molecule has 0 saturated heterocycles. The molecule has 0 unspecified atom stereocenters. The van der Waals surface area contributed by atoms with Gasteiger partial charge in [0.1, 0.15) is 4.88 Å². The molecule has 1 aromatic heterocycles. The van der Waals surface area contributed by atoms with Gasteiger partial charge in [-0.2, -0.15) is 0 Å². The van der Waals surface area contributed by atoms with Gasteiger partial charge in [-0.15, -0.1) is 11.3 Å². The average Bonchev–Trinajstić information content (AvgIpc) is 2.67. The number of hydrogen-bond donors (Lipinski definition) is 2. The maximum atomic E-state index is 11.7. The molecule has 6 heteroatoms. The van der Waals surface area contributed by atoms with Gasteiger partial charge in [-0.3, -0.25) is 0 Å². The molecule has 3 N–H and O–H groups in total. The smallest absolute Gasteiger partial charge is 0.350 e. The van der Waals surface area contributed by atoms with E-state index in [1.165, 1.54) is 11.3 Å². The van der Waals surface area contributed by atoms with Gasteiger partial charge in [-0.25, -0.2) is 4.79 Å². The topological polar surface area (TPSA) is 84.9 Å². The average molecular weight is 254 g/mol. The zero-order valence-corrected chi connectivity index (χ0v) is 10.3. The number of nitrogens with two attached hydrogens (primary N) is 1. The third-order valence-corrected chi connectivity index (χ3v) is 4.01. The minimum Gasteiger partial charge on any atom is -0.462 e. The molecule has 0 atom stereocenters. The first-order valence-corrected chi connectivity index (χ1v) is 6.30. The Hall–Kier alpha value is -1.56. The van der Waals surface area contributed by atoms with Crippen LogP contribution in [0, 0.1) is 0 Å². The first-order valence-electron chi connectivity index (χ1n) is 5.48. The summed E-state index contributed by atoms with van der Waals surface area (Å²) in [5.74, 6) is -0.401. The summed E-state index contributed by atoms with van der Waals surface area (Å²) in [6.45, 7) is 2.07. The van der Waals surface area contributed by atoms with Gasteiger partial charge in [0.15, 0.2) is 0 Å². The van der Waals surface area contributed by atoms with Crippen molar-refractivity contribution in [2.75, 3.05) is 12.3 Å². The Morgan fingerprint density at radius 3 is 3.00 bits per heavy atom. The molecule has 1 aliphatic rings. The van der Waals surface area contributed by atoms with E-state index in [4.69, 9.17) is 15.7 Å². The summed E-state index contributed by atoms with van der Waals surface area (Å²) in [6, 6.07) is 0. The molecule has 0 bridgehead atoms. The second-order valence-electron chi connectivity index (χ2n) is 3.77. The second-order valence-corrected chi connectivity index (χ2v) is 4.79. The maximum Gasteiger partial charge on any atom is 0.350 e. The SMILES string of the molecule is CCOC(=O)c1sc2c(c1N)CCC/C2=N/O. The van der Waals surface area contributed by atoms with E-state index in [1.54, 1.807) is 6.92 Å². The van der Waals surface area contributed by atoms with Gasteiger partial charge in [-0.05, 0) is 31.7 Å². The normalized spacial score (nSPS) is 16.9. The first kappa shape index (κ1) is 11.9. The summed E-state index contributed by atoms with van der Waals surface area (Å²) in [7, 11) is 0. The molecule has 0 spiro atoms. The van der Waals surface area contributed by atoms with Gasteiger partial charge < -0.3 is 15.7 Å². The summed E-state index contributed by atoms with van der Waals surface area (Å²) in [4.78, 5) is 12.9. The third-order valence-electron chi connectivity index (χ3n) is 2.73. The molecule has 1 aliphatic carbocycles. The van der Waals surface area contributed by atoms with Gasteiger partial charge in [0, 0.05) is 0 Å². The van der Waals surface area contributed by atoms with Crippen LogP contribution in [-0.4, -0.2) is 23.5 Å². The Morgan fingerprint density at radius 2 is 2.35 bits per heavy atom. The summed E-state index contributed by atoms with van der Waals surface area (Å²) in [5.41, 5.74) is 7.95. The predicted octanol–water partition coefficient (Wildman–Crippen LogP) is 2.02. The van der Waals surface area contributed by atoms with Crippen molar-refractivity contribution in [3.8, 4) is 0 Å². The zero-order chi connectivity index (χ0) is 12.4. The number of esters is 1. The van der Waals surface area contributed by atoms with Gasteiger partial charge in [0.05, 0.1) is 22.9 Å². The molecule has 0 aromatic carbocycles. The van der Waals surface area contributed by atoms with Crippen LogP contribution in [0.25, 0.3) is 0 Å². The Kier molecular flexibility index (Phi) is 3.33. The Balaban J connectivity index is 2.45. The van der Waals surface area contributed by atoms with E-state index >= 15 is 0 Å². The molecule has 0 radical (unpaired) electrons. The predicted molar refractivity (Wildman–Crippen MR) is 65.9 cm³/mol. The van der Waals surface area contributed by atoms with Crippen LogP contribution in [-0.2, 0) is 11.2 Å². The fourth-order valence-electron chi connectivity index (χ4n) is 1.95. The van der Waals surface area contributed by atoms with Crippen LogP contribution >= 0.6 is 11.3 Å². The Labute approximate surface area is 103 Å². The second kappa shape index (κ2) is 4.75. The summed E-state index contributed by atoms with van der Waals surface area (Å²) >= 11 is 1.25. The van der Waals surface area contributed by atoms with Crippen molar-refractivity contribution in [2.24, 2.45) is 5.16 Å². The van der Waals surface area contributed by atoms with E-state index in [1.807, 2.05) is 0 Å². The number of nitrogen functional groups attached to an aromatic ring is 1. The van der Waals surface area contributed by atoms with Crippen LogP contribution < -0.4 is 5.73 Å². The van der Waals surface area contributed by atoms with Gasteiger partial charge in [0.2, 0.25) is 0 Å². The number of anilines is 1. The fraction of sp³-hybridized carbons (Fsp3) is 0.455. The highest BCUT2D eigenvalue weighted by Crippen LogP contribution is 2.36. The van der Waals surface area contributed by atoms with Crippen molar-refractivity contribution >= 4 is 28.7 Å². The molecule has 1 heterocycles. The number of carbonyl (C=O) groups is 1. The van der Waals surface area contributed by atoms with Crippen LogP contribution in [0.4, 0.5) is 5.69 Å². The standard InChI is InChI=1S/C11H14N2O3S/c1-2-16-11(14)10-8(12)6-4-3-5-7(13-15)9(6)17-10/h15H,2-5,12H2,1H3/b13-7-. The van der Waals surface area contributed by atoms with Gasteiger partial charge in [0.25, 0.3) is 0 Å². The van der Waals surface area contributed by atoms with E-state index < -0.39 is 5.97 Å². The van der Waals surface area contributed by atoms with Crippen molar-refractivity contribution in [3.05, 3.63) is 15.3 Å². The lowest BCUT2D eigenvalue weighted by Crippen LogP contribution is -2.10. The number of rotatable bonds is 2. The third kappa shape index (κ3) is 2.00. The molecule has 92 valence electrons. The maximum absolute atomic E-state index is 11.7. The van der Waals surface area contributed by atoms with Crippen LogP contribution in [0.5, 0.6) is 0 Å². The molecule has 0 fully saturated rings. The minimum absolute atomic E-state index is 0.321. The minimum atomic E-state index is -0.401. The van der Waals surface area contributed by atoms with E-state index in [0.717, 1.165) is 23.3 Å². The zero-order valence-electron chi connectivity index (χ0n) is 9.52. The number of thiophene rings is 1. The highest BCUT2D eigenvalue weighted by molar-refractivity contribution is 7.16. The van der Waals surface area contributed by atoms with Crippen molar-refractivity contribution in [1.29, 1.82) is 0 Å². The quantitative estimate of drug-likeness (QED) is 0.480. The van der Waals surface area contributed by atoms with Crippen molar-refractivity contribution in [3.63, 3.8) is 0 Å². The van der Waals surface area contributed by atoms with Crippen LogP contribution in [0.15, 0.2) is 5.16 Å². The first-order chi connectivity index (χ1) is 8.19. The number of fused-ring (bicyclic) bond motifs is 1. The van der Waals surface area contributed by atoms with Crippen molar-refractivity contribution in [1.82, 2.24) is 0 Å². The van der Waals surface area contributed by atoms with E-state index in [2.05, 4.69) is 5.16 Å². The molecule has 5 nitrogen and oxygen atoms in total. The molecule has 0 saturated carbocycles. The molecule has 0 aliphatic heterocycles. The summed E-state index contributed by atoms with van der Waals surface area (Å²) in [6.07, 6.45) is 2.41. The molecule has 17 heavy (non-hydrogen) atoms. The molecule has 1 aromatic rings. The lowest BCUT2D eigenvalue weighted by atomic mass is 9.96. The van der Waals surface area contributed by atoms with Crippen LogP contribution in [0.1, 0.15) is 39.9 Å². The Bertz CT molecular complexity index is 479. The van der Waals surface area contributed by atoms with Gasteiger partial charge >= 0.3 is 5.97 Å². The lowest BCUT2D eigenvalue weighted by molar-refractivity contribution is 0.0533. The fourth-order valence-corrected chi connectivity index (χ4v) is 3.12. The van der Waals surface area contributed by atoms with E-state index in [-0.39, 0.29) is 0 Å². The lowest BCUT2D eigenvalue weighted by Gasteiger charge is -2.12. The Morgan fingerprint density at radius 1 is 1.59 bits per heavy atom. The molecular weight excluding hydrogens is 240 g/mol. The van der Waals surface area contributed by atoms with Crippen LogP contribution in [0.3, 0.4) is 0 Å². The highest BCUT2D eigenvalue weighted by Gasteiger charge is 2.27. The highest BCUT2D eigenvalue weighted by atomic mass is 32.1. The number of ether oxygens (including phenoxy) is 1. The largest absolute Gasteiger partial charge is 0.462 e. The van der Waals surface area contributed by atoms with E-state index in [0.29, 0.717) is 29.3 Å². The monoisotopic (exact) mass is 254 g/mol. The molecule has 0 amide bonds. The van der Waals surface area contributed by atoms with Crippen molar-refractivity contribution in [2.45, 2.75) is 26.2 Å². The van der Waals surface area contributed by atoms with Crippen molar-refractivity contribution < 1.29 is 14.7 Å². The number of carbonyl (C=O) groups excluding carboxylic acids is 1. The summed E-state index contributed by atoms with van der Waals surface area (Å²) < 4.78 is 4.94. The molecule has 2 rings (SSSR count).